The molecule has 2 saturated heterocycles. The van der Waals surface area contributed by atoms with Gasteiger partial charge < -0.3 is 24.7 Å². The molecule has 1 aromatic heterocycles. The number of anilines is 1. The smallest absolute Gasteiger partial charge is 0.179 e. The number of ketones is 1. The number of aromatic amines is 1. The molecule has 0 radical (unpaired) electrons. The third-order valence-corrected chi connectivity index (χ3v) is 5.77. The Kier molecular flexibility index (Phi) is 3.85. The fourth-order valence-electron chi connectivity index (χ4n) is 4.23. The first-order valence-corrected chi connectivity index (χ1v) is 9.39. The molecule has 2 aliphatic rings. The number of rotatable bonds is 4. The van der Waals surface area contributed by atoms with Crippen molar-refractivity contribution in [3.05, 3.63) is 48.3 Å². The maximum absolute atomic E-state index is 13.5. The molecule has 3 heterocycles. The summed E-state index contributed by atoms with van der Waals surface area (Å²) in [5.74, 6) is 1.14. The highest BCUT2D eigenvalue weighted by atomic mass is 16.5. The summed E-state index contributed by atoms with van der Waals surface area (Å²) in [6.45, 7) is 0.953. The van der Waals surface area contributed by atoms with Gasteiger partial charge in [0.2, 0.25) is 0 Å². The Bertz CT molecular complexity index is 1080. The van der Waals surface area contributed by atoms with E-state index < -0.39 is 11.5 Å². The first-order chi connectivity index (χ1) is 14.1. The topological polar surface area (TPSA) is 103 Å². The van der Waals surface area contributed by atoms with E-state index in [1.54, 1.807) is 25.2 Å². The summed E-state index contributed by atoms with van der Waals surface area (Å²) >= 11 is 0. The highest BCUT2D eigenvalue weighted by molar-refractivity contribution is 6.27. The van der Waals surface area contributed by atoms with Gasteiger partial charge in [0, 0.05) is 31.3 Å². The van der Waals surface area contributed by atoms with E-state index in [-0.39, 0.29) is 11.6 Å². The lowest BCUT2D eigenvalue weighted by molar-refractivity contribution is -0.124. The number of ether oxygens (including phenoxy) is 2. The summed E-state index contributed by atoms with van der Waals surface area (Å²) in [4.78, 5) is 23.2. The molecule has 0 amide bonds. The number of H-pyrrole nitrogens is 1. The van der Waals surface area contributed by atoms with Gasteiger partial charge >= 0.3 is 0 Å². The predicted octanol–water partition coefficient (Wildman–Crippen LogP) is 2.07. The number of nitrogens with one attached hydrogen (secondary N) is 3. The quantitative estimate of drug-likeness (QED) is 0.629. The molecule has 2 aliphatic heterocycles. The second-order valence-electron chi connectivity index (χ2n) is 7.36. The molecule has 8 heteroatoms. The van der Waals surface area contributed by atoms with Gasteiger partial charge in [-0.2, -0.15) is 0 Å². The number of methoxy groups -OCH3 is 2. The van der Waals surface area contributed by atoms with Crippen molar-refractivity contribution in [1.29, 1.82) is 5.41 Å². The van der Waals surface area contributed by atoms with E-state index in [9.17, 15) is 4.79 Å². The molecule has 0 aliphatic carbocycles. The van der Waals surface area contributed by atoms with Crippen molar-refractivity contribution >= 4 is 28.3 Å². The minimum absolute atomic E-state index is 0.0258. The van der Waals surface area contributed by atoms with Crippen LogP contribution in [0.2, 0.25) is 0 Å². The van der Waals surface area contributed by atoms with Crippen molar-refractivity contribution < 1.29 is 14.3 Å². The maximum atomic E-state index is 13.5. The number of carbonyl (C=O) groups is 1. The molecule has 8 nitrogen and oxygen atoms in total. The molecule has 5 rings (SSSR count). The minimum atomic E-state index is -0.807. The number of para-hydroxylation sites is 2. The van der Waals surface area contributed by atoms with Crippen molar-refractivity contribution in [3.63, 3.8) is 0 Å². The first-order valence-electron chi connectivity index (χ1n) is 9.39. The van der Waals surface area contributed by atoms with Crippen molar-refractivity contribution in [2.24, 2.45) is 0 Å². The maximum Gasteiger partial charge on any atom is 0.179 e. The van der Waals surface area contributed by atoms with E-state index in [2.05, 4.69) is 15.3 Å². The summed E-state index contributed by atoms with van der Waals surface area (Å²) < 4.78 is 10.8. The molecule has 1 atom stereocenters. The van der Waals surface area contributed by atoms with Gasteiger partial charge in [0.1, 0.15) is 34.6 Å². The number of imidazole rings is 1. The number of Topliss-reactive ketones (excluding diaryl/α,β-unsaturated/α-hetero) is 1. The Labute approximate surface area is 167 Å². The number of benzene rings is 2. The Balaban J connectivity index is 1.63. The highest BCUT2D eigenvalue weighted by Crippen LogP contribution is 2.44. The zero-order chi connectivity index (χ0) is 20.2. The van der Waals surface area contributed by atoms with Crippen LogP contribution in [0.25, 0.3) is 11.0 Å². The van der Waals surface area contributed by atoms with E-state index >= 15 is 0 Å². The van der Waals surface area contributed by atoms with Crippen molar-refractivity contribution in [3.8, 4) is 11.5 Å². The molecule has 1 unspecified atom stereocenters. The summed E-state index contributed by atoms with van der Waals surface area (Å²) in [5.41, 5.74) is 1.52. The molecule has 2 fully saturated rings. The molecule has 3 N–H and O–H groups in total. The van der Waals surface area contributed by atoms with Gasteiger partial charge in [0.25, 0.3) is 0 Å². The molecule has 3 aromatic rings. The standard InChI is InChI=1S/C21H21N5O3/c1-28-13-7-12(8-14(9-13)29-2)26-19(22)17(18(27)21(26)10-23-11-21)20-24-15-5-3-4-6-16(15)25-20/h3-9,17,22-23H,10-11H2,1-2H3,(H,24,25). The number of aromatic nitrogens is 2. The van der Waals surface area contributed by atoms with Gasteiger partial charge in [-0.05, 0) is 12.1 Å². The monoisotopic (exact) mass is 391 g/mol. The second-order valence-corrected chi connectivity index (χ2v) is 7.36. The molecular formula is C21H21N5O3. The van der Waals surface area contributed by atoms with E-state index in [1.165, 1.54) is 0 Å². The van der Waals surface area contributed by atoms with Crippen LogP contribution in [-0.2, 0) is 4.79 Å². The summed E-state index contributed by atoms with van der Waals surface area (Å²) in [7, 11) is 3.16. The van der Waals surface area contributed by atoms with E-state index in [0.29, 0.717) is 36.1 Å². The lowest BCUT2D eigenvalue weighted by atomic mass is 9.84. The average Bonchev–Trinajstić information content (AvgIpc) is 3.22. The van der Waals surface area contributed by atoms with E-state index in [1.807, 2.05) is 36.4 Å². The lowest BCUT2D eigenvalue weighted by Gasteiger charge is -2.45. The number of carbonyl (C=O) groups excluding carboxylic acids is 1. The molecule has 0 saturated carbocycles. The van der Waals surface area contributed by atoms with Crippen molar-refractivity contribution in [2.75, 3.05) is 32.2 Å². The average molecular weight is 391 g/mol. The minimum Gasteiger partial charge on any atom is -0.497 e. The van der Waals surface area contributed by atoms with Crippen LogP contribution < -0.4 is 19.7 Å². The number of hydrogen-bond donors (Lipinski definition) is 3. The predicted molar refractivity (Wildman–Crippen MR) is 109 cm³/mol. The Morgan fingerprint density at radius 1 is 1.14 bits per heavy atom. The van der Waals surface area contributed by atoms with Crippen LogP contribution in [-0.4, -0.2) is 54.4 Å². The van der Waals surface area contributed by atoms with Crippen LogP contribution in [0, 0.1) is 5.41 Å². The lowest BCUT2D eigenvalue weighted by Crippen LogP contribution is -2.70. The molecular weight excluding hydrogens is 370 g/mol. The van der Waals surface area contributed by atoms with Crippen molar-refractivity contribution in [1.82, 2.24) is 15.3 Å². The fourth-order valence-corrected chi connectivity index (χ4v) is 4.23. The number of fused-ring (bicyclic) bond motifs is 1. The molecule has 2 aromatic carbocycles. The summed E-state index contributed by atoms with van der Waals surface area (Å²) in [5, 5.41) is 12.1. The Morgan fingerprint density at radius 2 is 1.83 bits per heavy atom. The van der Waals surface area contributed by atoms with Crippen LogP contribution in [0.1, 0.15) is 11.7 Å². The van der Waals surface area contributed by atoms with Crippen LogP contribution in [0.4, 0.5) is 5.69 Å². The normalized spacial score (nSPS) is 20.3. The van der Waals surface area contributed by atoms with Crippen LogP contribution in [0.5, 0.6) is 11.5 Å². The Morgan fingerprint density at radius 3 is 2.41 bits per heavy atom. The summed E-state index contributed by atoms with van der Waals surface area (Å²) in [6.07, 6.45) is 0. The van der Waals surface area contributed by atoms with Crippen LogP contribution in [0.15, 0.2) is 42.5 Å². The first kappa shape index (κ1) is 17.7. The number of hydrogen-bond acceptors (Lipinski definition) is 6. The summed E-state index contributed by atoms with van der Waals surface area (Å²) in [6, 6.07) is 13.0. The largest absolute Gasteiger partial charge is 0.497 e. The number of nitrogens with zero attached hydrogens (tertiary/aromatic N) is 2. The van der Waals surface area contributed by atoms with Crippen LogP contribution in [0.3, 0.4) is 0 Å². The zero-order valence-corrected chi connectivity index (χ0v) is 16.2. The molecule has 0 bridgehead atoms. The highest BCUT2D eigenvalue weighted by Gasteiger charge is 2.61. The SMILES string of the molecule is COc1cc(OC)cc(N2C(=N)C(c3nc4ccccc4[nH]3)C(=O)C23CNC3)c1. The zero-order valence-electron chi connectivity index (χ0n) is 16.2. The van der Waals surface area contributed by atoms with Gasteiger partial charge in [-0.3, -0.25) is 10.2 Å². The van der Waals surface area contributed by atoms with Gasteiger partial charge in [0.05, 0.1) is 30.9 Å². The van der Waals surface area contributed by atoms with Crippen molar-refractivity contribution in [2.45, 2.75) is 11.5 Å². The molecule has 148 valence electrons. The van der Waals surface area contributed by atoms with Gasteiger partial charge in [-0.15, -0.1) is 0 Å². The third-order valence-electron chi connectivity index (χ3n) is 5.77. The van der Waals surface area contributed by atoms with E-state index in [0.717, 1.165) is 11.0 Å². The van der Waals surface area contributed by atoms with Gasteiger partial charge in [0.15, 0.2) is 5.78 Å². The van der Waals surface area contributed by atoms with Gasteiger partial charge in [-0.25, -0.2) is 4.98 Å². The molecule has 1 spiro atoms. The third kappa shape index (κ3) is 2.45. The van der Waals surface area contributed by atoms with Crippen LogP contribution >= 0.6 is 0 Å². The van der Waals surface area contributed by atoms with Gasteiger partial charge in [-0.1, -0.05) is 12.1 Å². The molecule has 29 heavy (non-hydrogen) atoms. The van der Waals surface area contributed by atoms with E-state index in [4.69, 9.17) is 14.9 Å². The number of amidine groups is 1. The fraction of sp³-hybridized carbons (Fsp3) is 0.286. The second kappa shape index (κ2) is 6.31. The Hall–Kier alpha value is -3.39.